The third kappa shape index (κ3) is 5.12. The molecule has 1 aliphatic rings. The molecule has 0 unspecified atom stereocenters. The number of nitrogens with zero attached hydrogens (tertiary/aromatic N) is 1. The molecule has 3 N–H and O–H groups in total. The minimum absolute atomic E-state index is 0.123. The van der Waals surface area contributed by atoms with Crippen LogP contribution in [0, 0.1) is 5.92 Å². The van der Waals surface area contributed by atoms with E-state index in [4.69, 9.17) is 17.3 Å². The van der Waals surface area contributed by atoms with Gasteiger partial charge in [0.2, 0.25) is 5.91 Å². The zero-order valence-corrected chi connectivity index (χ0v) is 16.6. The number of carbonyl (C=O) groups is 2. The predicted octanol–water partition coefficient (Wildman–Crippen LogP) is 3.05. The molecular weight excluding hydrogens is 374 g/mol. The van der Waals surface area contributed by atoms with Gasteiger partial charge >= 0.3 is 0 Å². The number of amides is 2. The largest absolute Gasteiger partial charge is 0.352 e. The summed E-state index contributed by atoms with van der Waals surface area (Å²) in [5.41, 5.74) is 7.75. The SMILES string of the molecule is NC[C@@H]1CN(C(=O)CCCNC(=O)c2ccc(Cl)cc2)C[C@H]1c1ccccc1. The zero-order valence-electron chi connectivity index (χ0n) is 15.8. The fourth-order valence-electron chi connectivity index (χ4n) is 3.69. The van der Waals surface area contributed by atoms with E-state index in [-0.39, 0.29) is 17.7 Å². The topological polar surface area (TPSA) is 75.4 Å². The summed E-state index contributed by atoms with van der Waals surface area (Å²) in [6.45, 7) is 2.44. The van der Waals surface area contributed by atoms with E-state index in [1.807, 2.05) is 23.1 Å². The molecule has 2 aromatic carbocycles. The van der Waals surface area contributed by atoms with E-state index in [0.29, 0.717) is 55.5 Å². The van der Waals surface area contributed by atoms with E-state index in [9.17, 15) is 9.59 Å². The Kier molecular flexibility index (Phi) is 7.06. The first-order valence-corrected chi connectivity index (χ1v) is 10.0. The highest BCUT2D eigenvalue weighted by Gasteiger charge is 2.34. The average Bonchev–Trinajstić information content (AvgIpc) is 3.16. The first-order chi connectivity index (χ1) is 13.6. The second-order valence-corrected chi connectivity index (χ2v) is 7.61. The molecule has 0 radical (unpaired) electrons. The minimum Gasteiger partial charge on any atom is -0.352 e. The number of benzene rings is 2. The summed E-state index contributed by atoms with van der Waals surface area (Å²) in [4.78, 5) is 26.6. The van der Waals surface area contributed by atoms with E-state index in [1.54, 1.807) is 24.3 Å². The first-order valence-electron chi connectivity index (χ1n) is 9.65. The predicted molar refractivity (Wildman–Crippen MR) is 111 cm³/mol. The van der Waals surface area contributed by atoms with Gasteiger partial charge in [0.05, 0.1) is 0 Å². The summed E-state index contributed by atoms with van der Waals surface area (Å²) in [6, 6.07) is 17.0. The van der Waals surface area contributed by atoms with Gasteiger partial charge in [0.25, 0.3) is 5.91 Å². The van der Waals surface area contributed by atoms with E-state index in [2.05, 4.69) is 17.4 Å². The van der Waals surface area contributed by atoms with Crippen LogP contribution in [0.1, 0.15) is 34.7 Å². The van der Waals surface area contributed by atoms with Gasteiger partial charge in [0, 0.05) is 42.6 Å². The Morgan fingerprint density at radius 3 is 2.46 bits per heavy atom. The maximum atomic E-state index is 12.6. The van der Waals surface area contributed by atoms with Crippen LogP contribution in [0.3, 0.4) is 0 Å². The van der Waals surface area contributed by atoms with Crippen LogP contribution in [0.5, 0.6) is 0 Å². The normalized spacial score (nSPS) is 18.9. The minimum atomic E-state index is -0.155. The van der Waals surface area contributed by atoms with E-state index in [1.165, 1.54) is 5.56 Å². The number of hydrogen-bond acceptors (Lipinski definition) is 3. The first kappa shape index (κ1) is 20.4. The van der Waals surface area contributed by atoms with Crippen molar-refractivity contribution in [3.8, 4) is 0 Å². The summed E-state index contributed by atoms with van der Waals surface area (Å²) in [7, 11) is 0. The summed E-state index contributed by atoms with van der Waals surface area (Å²) in [5.74, 6) is 0.547. The molecule has 1 heterocycles. The molecule has 0 aliphatic carbocycles. The fraction of sp³-hybridized carbons (Fsp3) is 0.364. The molecular formula is C22H26ClN3O2. The lowest BCUT2D eigenvalue weighted by Gasteiger charge is -2.17. The van der Waals surface area contributed by atoms with Gasteiger partial charge in [-0.05, 0) is 48.7 Å². The Balaban J connectivity index is 1.45. The van der Waals surface area contributed by atoms with Gasteiger partial charge in [-0.15, -0.1) is 0 Å². The van der Waals surface area contributed by atoms with Crippen molar-refractivity contribution in [3.05, 3.63) is 70.7 Å². The van der Waals surface area contributed by atoms with Crippen molar-refractivity contribution in [2.45, 2.75) is 18.8 Å². The lowest BCUT2D eigenvalue weighted by Crippen LogP contribution is -2.31. The molecule has 2 amide bonds. The Morgan fingerprint density at radius 1 is 1.07 bits per heavy atom. The lowest BCUT2D eigenvalue weighted by atomic mass is 9.89. The van der Waals surface area contributed by atoms with Gasteiger partial charge in [-0.1, -0.05) is 41.9 Å². The van der Waals surface area contributed by atoms with Crippen molar-refractivity contribution in [1.82, 2.24) is 10.2 Å². The van der Waals surface area contributed by atoms with Crippen LogP contribution in [0.4, 0.5) is 0 Å². The number of halogens is 1. The van der Waals surface area contributed by atoms with Crippen LogP contribution in [-0.4, -0.2) is 42.9 Å². The summed E-state index contributed by atoms with van der Waals surface area (Å²) < 4.78 is 0. The highest BCUT2D eigenvalue weighted by Crippen LogP contribution is 2.32. The van der Waals surface area contributed by atoms with Gasteiger partial charge in [-0.25, -0.2) is 0 Å². The molecule has 3 rings (SSSR count). The summed E-state index contributed by atoms with van der Waals surface area (Å²) in [6.07, 6.45) is 1.03. The summed E-state index contributed by atoms with van der Waals surface area (Å²) >= 11 is 5.83. The molecule has 1 saturated heterocycles. The standard InChI is InChI=1S/C22H26ClN3O2/c23-19-10-8-17(9-11-19)22(28)25-12-4-7-21(27)26-14-18(13-24)20(15-26)16-5-2-1-3-6-16/h1-3,5-6,8-11,18,20H,4,7,12-15,24H2,(H,25,28)/t18-,20+/m1/s1. The Morgan fingerprint density at radius 2 is 1.79 bits per heavy atom. The molecule has 0 saturated carbocycles. The van der Waals surface area contributed by atoms with Crippen LogP contribution in [0.15, 0.2) is 54.6 Å². The molecule has 2 atom stereocenters. The molecule has 28 heavy (non-hydrogen) atoms. The van der Waals surface area contributed by atoms with Crippen LogP contribution in [-0.2, 0) is 4.79 Å². The number of rotatable bonds is 7. The molecule has 0 bridgehead atoms. The Labute approximate surface area is 170 Å². The molecule has 1 aliphatic heterocycles. The molecule has 148 valence electrons. The molecule has 0 spiro atoms. The van der Waals surface area contributed by atoms with Gasteiger partial charge in [0.15, 0.2) is 0 Å². The third-order valence-electron chi connectivity index (χ3n) is 5.28. The van der Waals surface area contributed by atoms with Crippen LogP contribution < -0.4 is 11.1 Å². The van der Waals surface area contributed by atoms with Crippen LogP contribution in [0.25, 0.3) is 0 Å². The Bertz CT molecular complexity index is 795. The van der Waals surface area contributed by atoms with Crippen LogP contribution >= 0.6 is 11.6 Å². The number of carbonyl (C=O) groups excluding carboxylic acids is 2. The molecule has 2 aromatic rings. The highest BCUT2D eigenvalue weighted by atomic mass is 35.5. The monoisotopic (exact) mass is 399 g/mol. The zero-order chi connectivity index (χ0) is 19.9. The van der Waals surface area contributed by atoms with Crippen molar-refractivity contribution in [2.24, 2.45) is 11.7 Å². The quantitative estimate of drug-likeness (QED) is 0.702. The number of likely N-dealkylation sites (tertiary alicyclic amines) is 1. The Hall–Kier alpha value is -2.37. The van der Waals surface area contributed by atoms with Crippen LogP contribution in [0.2, 0.25) is 5.02 Å². The van der Waals surface area contributed by atoms with Crippen molar-refractivity contribution < 1.29 is 9.59 Å². The van der Waals surface area contributed by atoms with Crippen molar-refractivity contribution >= 4 is 23.4 Å². The second-order valence-electron chi connectivity index (χ2n) is 7.18. The van der Waals surface area contributed by atoms with Gasteiger partial charge in [-0.3, -0.25) is 9.59 Å². The highest BCUT2D eigenvalue weighted by molar-refractivity contribution is 6.30. The lowest BCUT2D eigenvalue weighted by molar-refractivity contribution is -0.130. The maximum absolute atomic E-state index is 12.6. The fourth-order valence-corrected chi connectivity index (χ4v) is 3.82. The number of nitrogens with one attached hydrogen (secondary N) is 1. The smallest absolute Gasteiger partial charge is 0.251 e. The third-order valence-corrected chi connectivity index (χ3v) is 5.54. The number of nitrogens with two attached hydrogens (primary N) is 1. The maximum Gasteiger partial charge on any atom is 0.251 e. The van der Waals surface area contributed by atoms with E-state index in [0.717, 1.165) is 0 Å². The van der Waals surface area contributed by atoms with Crippen molar-refractivity contribution in [3.63, 3.8) is 0 Å². The van der Waals surface area contributed by atoms with Gasteiger partial charge < -0.3 is 16.0 Å². The van der Waals surface area contributed by atoms with Crippen molar-refractivity contribution in [1.29, 1.82) is 0 Å². The van der Waals surface area contributed by atoms with Gasteiger partial charge in [-0.2, -0.15) is 0 Å². The summed E-state index contributed by atoms with van der Waals surface area (Å²) in [5, 5.41) is 3.44. The second kappa shape index (κ2) is 9.71. The van der Waals surface area contributed by atoms with Gasteiger partial charge in [0.1, 0.15) is 0 Å². The van der Waals surface area contributed by atoms with Crippen molar-refractivity contribution in [2.75, 3.05) is 26.2 Å². The van der Waals surface area contributed by atoms with E-state index >= 15 is 0 Å². The number of hydrogen-bond donors (Lipinski definition) is 2. The molecule has 1 fully saturated rings. The molecule has 6 heteroatoms. The average molecular weight is 400 g/mol. The molecule has 0 aromatic heterocycles. The van der Waals surface area contributed by atoms with E-state index < -0.39 is 0 Å². The molecule has 5 nitrogen and oxygen atoms in total.